The fraction of sp³-hybridized carbons (Fsp3) is 0.240. The molecular weight excluding hydrogens is 378 g/mol. The first kappa shape index (κ1) is 19.8. The Morgan fingerprint density at radius 1 is 0.933 bits per heavy atom. The second kappa shape index (κ2) is 8.91. The number of hydrogen-bond acceptors (Lipinski definition) is 4. The average molecular weight is 403 g/mol. The van der Waals surface area contributed by atoms with E-state index in [-0.39, 0.29) is 18.7 Å². The molecule has 3 aromatic rings. The zero-order chi connectivity index (χ0) is 20.9. The molecule has 0 saturated carbocycles. The minimum absolute atomic E-state index is 0.247. The molecule has 0 saturated heterocycles. The summed E-state index contributed by atoms with van der Waals surface area (Å²) in [5, 5.41) is 0. The molecule has 1 heterocycles. The van der Waals surface area contributed by atoms with Gasteiger partial charge in [-0.25, -0.2) is 4.79 Å². The number of fused-ring (bicyclic) bond motifs is 1. The summed E-state index contributed by atoms with van der Waals surface area (Å²) in [4.78, 5) is 14.9. The van der Waals surface area contributed by atoms with Crippen molar-refractivity contribution in [3.8, 4) is 11.5 Å². The minimum Gasteiger partial charge on any atom is -0.493 e. The fourth-order valence-corrected chi connectivity index (χ4v) is 3.95. The molecule has 1 amide bonds. The highest BCUT2D eigenvalue weighted by Gasteiger charge is 2.33. The maximum absolute atomic E-state index is 13.1. The van der Waals surface area contributed by atoms with Crippen molar-refractivity contribution in [3.05, 3.63) is 95.1 Å². The van der Waals surface area contributed by atoms with Gasteiger partial charge in [-0.1, -0.05) is 60.7 Å². The molecule has 0 aliphatic carbocycles. The van der Waals surface area contributed by atoms with E-state index in [1.165, 1.54) is 5.56 Å². The van der Waals surface area contributed by atoms with Crippen LogP contribution < -0.4 is 9.47 Å². The second-order valence-electron chi connectivity index (χ2n) is 7.20. The minimum atomic E-state index is -0.326. The number of benzene rings is 3. The highest BCUT2D eigenvalue weighted by Crippen LogP contribution is 2.39. The summed E-state index contributed by atoms with van der Waals surface area (Å²) in [6.45, 7) is 0.833. The van der Waals surface area contributed by atoms with E-state index in [4.69, 9.17) is 14.2 Å². The van der Waals surface area contributed by atoms with Crippen LogP contribution >= 0.6 is 0 Å². The molecule has 1 aliphatic rings. The summed E-state index contributed by atoms with van der Waals surface area (Å²) >= 11 is 0. The number of ether oxygens (including phenoxy) is 3. The summed E-state index contributed by atoms with van der Waals surface area (Å²) in [5.74, 6) is 1.29. The Morgan fingerprint density at radius 2 is 1.67 bits per heavy atom. The van der Waals surface area contributed by atoms with E-state index < -0.39 is 0 Å². The lowest BCUT2D eigenvalue weighted by atomic mass is 9.88. The van der Waals surface area contributed by atoms with Crippen molar-refractivity contribution in [1.29, 1.82) is 0 Å². The van der Waals surface area contributed by atoms with Crippen molar-refractivity contribution in [1.82, 2.24) is 4.90 Å². The first-order valence-corrected chi connectivity index (χ1v) is 9.98. The van der Waals surface area contributed by atoms with Gasteiger partial charge < -0.3 is 14.2 Å². The van der Waals surface area contributed by atoms with Crippen molar-refractivity contribution in [2.75, 3.05) is 20.8 Å². The zero-order valence-electron chi connectivity index (χ0n) is 17.2. The Balaban J connectivity index is 1.66. The van der Waals surface area contributed by atoms with Gasteiger partial charge in [0.15, 0.2) is 11.5 Å². The van der Waals surface area contributed by atoms with Crippen LogP contribution in [0.5, 0.6) is 11.5 Å². The molecule has 0 unspecified atom stereocenters. The number of carbonyl (C=O) groups excluding carboxylic acids is 1. The summed E-state index contributed by atoms with van der Waals surface area (Å²) < 4.78 is 16.5. The Hall–Kier alpha value is -3.47. The lowest BCUT2D eigenvalue weighted by Crippen LogP contribution is -2.40. The van der Waals surface area contributed by atoms with E-state index in [9.17, 15) is 4.79 Å². The van der Waals surface area contributed by atoms with Gasteiger partial charge in [-0.05, 0) is 40.8 Å². The van der Waals surface area contributed by atoms with Crippen LogP contribution in [0.3, 0.4) is 0 Å². The highest BCUT2D eigenvalue weighted by molar-refractivity contribution is 5.70. The van der Waals surface area contributed by atoms with Crippen molar-refractivity contribution in [2.45, 2.75) is 19.1 Å². The molecule has 0 bridgehead atoms. The van der Waals surface area contributed by atoms with E-state index in [1.54, 1.807) is 19.1 Å². The van der Waals surface area contributed by atoms with Gasteiger partial charge in [-0.2, -0.15) is 0 Å². The van der Waals surface area contributed by atoms with Gasteiger partial charge in [0.1, 0.15) is 6.61 Å². The van der Waals surface area contributed by atoms with Crippen molar-refractivity contribution >= 4 is 6.09 Å². The standard InChI is InChI=1S/C25H25NO4/c1-28-22-13-12-20(16-23(22)29-2)24-21-11-7-6-10-19(21)14-15-26(24)25(27)30-17-18-8-4-3-5-9-18/h3-13,16,24H,14-15,17H2,1-2H3/t24-/m1/s1. The van der Waals surface area contributed by atoms with Gasteiger partial charge >= 0.3 is 6.09 Å². The number of carbonyl (C=O) groups is 1. The molecule has 5 nitrogen and oxygen atoms in total. The van der Waals surface area contributed by atoms with Crippen LogP contribution in [-0.2, 0) is 17.8 Å². The Morgan fingerprint density at radius 3 is 2.43 bits per heavy atom. The van der Waals surface area contributed by atoms with Crippen LogP contribution in [0.4, 0.5) is 4.79 Å². The summed E-state index contributed by atoms with van der Waals surface area (Å²) in [6, 6.07) is 23.5. The molecule has 0 spiro atoms. The first-order chi connectivity index (χ1) is 14.7. The molecule has 1 aliphatic heterocycles. The molecule has 0 aromatic heterocycles. The third kappa shape index (κ3) is 3.96. The fourth-order valence-electron chi connectivity index (χ4n) is 3.95. The average Bonchev–Trinajstić information content (AvgIpc) is 2.82. The Bertz CT molecular complexity index is 1020. The SMILES string of the molecule is COc1ccc([C@@H]2c3ccccc3CCN2C(=O)OCc2ccccc2)cc1OC. The largest absolute Gasteiger partial charge is 0.493 e. The lowest BCUT2D eigenvalue weighted by molar-refractivity contribution is 0.0836. The summed E-state index contributed by atoms with van der Waals surface area (Å²) in [5.41, 5.74) is 4.26. The summed E-state index contributed by atoms with van der Waals surface area (Å²) in [7, 11) is 3.23. The monoisotopic (exact) mass is 403 g/mol. The predicted molar refractivity (Wildman–Crippen MR) is 115 cm³/mol. The third-order valence-electron chi connectivity index (χ3n) is 5.45. The Labute approximate surface area is 176 Å². The van der Waals surface area contributed by atoms with Gasteiger partial charge in [-0.3, -0.25) is 4.90 Å². The number of methoxy groups -OCH3 is 2. The molecule has 3 aromatic carbocycles. The van der Waals surface area contributed by atoms with Gasteiger partial charge in [0.2, 0.25) is 0 Å². The maximum atomic E-state index is 13.1. The van der Waals surface area contributed by atoms with E-state index in [0.29, 0.717) is 18.0 Å². The topological polar surface area (TPSA) is 48.0 Å². The second-order valence-corrected chi connectivity index (χ2v) is 7.20. The molecule has 0 radical (unpaired) electrons. The number of rotatable bonds is 5. The summed E-state index contributed by atoms with van der Waals surface area (Å²) in [6.07, 6.45) is 0.466. The van der Waals surface area contributed by atoms with Crippen LogP contribution in [0, 0.1) is 0 Å². The highest BCUT2D eigenvalue weighted by atomic mass is 16.6. The van der Waals surface area contributed by atoms with Gasteiger partial charge in [0.05, 0.1) is 20.3 Å². The normalized spacial score (nSPS) is 15.3. The van der Waals surface area contributed by atoms with Crippen LogP contribution in [0.15, 0.2) is 72.8 Å². The van der Waals surface area contributed by atoms with E-state index >= 15 is 0 Å². The molecule has 0 N–H and O–H groups in total. The molecule has 4 rings (SSSR count). The predicted octanol–water partition coefficient (Wildman–Crippen LogP) is 4.99. The molecule has 5 heteroatoms. The first-order valence-electron chi connectivity index (χ1n) is 9.98. The third-order valence-corrected chi connectivity index (χ3v) is 5.45. The van der Waals surface area contributed by atoms with Crippen molar-refractivity contribution in [2.24, 2.45) is 0 Å². The lowest BCUT2D eigenvalue weighted by Gasteiger charge is -2.37. The van der Waals surface area contributed by atoms with Crippen LogP contribution in [0.2, 0.25) is 0 Å². The molecule has 154 valence electrons. The van der Waals surface area contributed by atoms with E-state index in [0.717, 1.165) is 23.1 Å². The van der Waals surface area contributed by atoms with Crippen molar-refractivity contribution < 1.29 is 19.0 Å². The zero-order valence-corrected chi connectivity index (χ0v) is 17.2. The smallest absolute Gasteiger partial charge is 0.410 e. The quantitative estimate of drug-likeness (QED) is 0.602. The number of amides is 1. The van der Waals surface area contributed by atoms with Crippen LogP contribution in [0.25, 0.3) is 0 Å². The maximum Gasteiger partial charge on any atom is 0.410 e. The molecule has 0 fully saturated rings. The number of hydrogen-bond donors (Lipinski definition) is 0. The van der Waals surface area contributed by atoms with Crippen LogP contribution in [-0.4, -0.2) is 31.8 Å². The Kier molecular flexibility index (Phi) is 5.89. The van der Waals surface area contributed by atoms with E-state index in [2.05, 4.69) is 12.1 Å². The molecule has 1 atom stereocenters. The van der Waals surface area contributed by atoms with Gasteiger partial charge in [0.25, 0.3) is 0 Å². The molecule has 30 heavy (non-hydrogen) atoms. The molecular formula is C25H25NO4. The van der Waals surface area contributed by atoms with Crippen molar-refractivity contribution in [3.63, 3.8) is 0 Å². The number of nitrogens with zero attached hydrogens (tertiary/aromatic N) is 1. The van der Waals surface area contributed by atoms with Gasteiger partial charge in [-0.15, -0.1) is 0 Å². The van der Waals surface area contributed by atoms with Gasteiger partial charge in [0, 0.05) is 6.54 Å². The van der Waals surface area contributed by atoms with E-state index in [1.807, 2.05) is 60.7 Å². The van der Waals surface area contributed by atoms with Crippen LogP contribution in [0.1, 0.15) is 28.3 Å².